The van der Waals surface area contributed by atoms with E-state index in [0.29, 0.717) is 12.1 Å². The van der Waals surface area contributed by atoms with Gasteiger partial charge in [-0.15, -0.1) is 11.3 Å². The van der Waals surface area contributed by atoms with Gasteiger partial charge in [0, 0.05) is 18.3 Å². The van der Waals surface area contributed by atoms with E-state index < -0.39 is 17.8 Å². The first kappa shape index (κ1) is 19.1. The first-order chi connectivity index (χ1) is 13.9. The molecular weight excluding hydrogens is 401 g/mol. The van der Waals surface area contributed by atoms with Gasteiger partial charge in [0.15, 0.2) is 5.69 Å². The summed E-state index contributed by atoms with van der Waals surface area (Å²) in [7, 11) is 0. The van der Waals surface area contributed by atoms with Crippen LogP contribution in [0, 0.1) is 0 Å². The summed E-state index contributed by atoms with van der Waals surface area (Å²) in [5.41, 5.74) is 1.56. The number of anilines is 1. The highest BCUT2D eigenvalue weighted by molar-refractivity contribution is 7.18. The number of hydrogen-bond donors (Lipinski definition) is 1. The number of carbonyl (C=O) groups excluding carboxylic acids is 1. The number of rotatable bonds is 5. The maximum absolute atomic E-state index is 12.6. The highest BCUT2D eigenvalue weighted by Crippen LogP contribution is 2.27. The minimum absolute atomic E-state index is 0.302. The topological polar surface area (TPSA) is 59.8 Å². The van der Waals surface area contributed by atoms with E-state index in [1.54, 1.807) is 23.5 Å². The maximum atomic E-state index is 12.6. The van der Waals surface area contributed by atoms with Gasteiger partial charge in [0.2, 0.25) is 5.91 Å². The minimum atomic E-state index is -4.53. The Balaban J connectivity index is 1.36. The molecule has 0 bridgehead atoms. The van der Waals surface area contributed by atoms with Crippen molar-refractivity contribution in [2.45, 2.75) is 19.1 Å². The highest BCUT2D eigenvalue weighted by atomic mass is 32.1. The molecule has 2 aromatic carbocycles. The number of fused-ring (bicyclic) bond motifs is 1. The molecule has 0 aliphatic carbocycles. The van der Waals surface area contributed by atoms with Crippen molar-refractivity contribution < 1.29 is 18.0 Å². The van der Waals surface area contributed by atoms with E-state index in [4.69, 9.17) is 0 Å². The average Bonchev–Trinajstić information content (AvgIpc) is 3.29. The van der Waals surface area contributed by atoms with Gasteiger partial charge in [-0.2, -0.15) is 18.3 Å². The molecule has 0 spiro atoms. The first-order valence-corrected chi connectivity index (χ1v) is 9.52. The van der Waals surface area contributed by atoms with Crippen molar-refractivity contribution in [1.29, 1.82) is 0 Å². The van der Waals surface area contributed by atoms with Crippen LogP contribution in [0.4, 0.5) is 18.9 Å². The second kappa shape index (κ2) is 7.67. The van der Waals surface area contributed by atoms with Crippen molar-refractivity contribution in [1.82, 2.24) is 14.8 Å². The molecule has 148 valence electrons. The Hall–Kier alpha value is -3.20. The Kier molecular flexibility index (Phi) is 5.06. The summed E-state index contributed by atoms with van der Waals surface area (Å²) in [5, 5.41) is 7.03. The number of carbonyl (C=O) groups is 1. The smallest absolute Gasteiger partial charge is 0.324 e. The number of nitrogens with one attached hydrogen (secondary N) is 1. The van der Waals surface area contributed by atoms with Crippen molar-refractivity contribution in [2.24, 2.45) is 0 Å². The first-order valence-electron chi connectivity index (χ1n) is 8.71. The number of thiazole rings is 1. The summed E-state index contributed by atoms with van der Waals surface area (Å²) < 4.78 is 39.8. The SMILES string of the molecule is O=C(Cn1ccc(C(F)(F)F)n1)Nc1ccc(Cc2nc3ccccc3s2)cc1. The number of para-hydroxylation sites is 1. The molecule has 2 heterocycles. The minimum Gasteiger partial charge on any atom is -0.324 e. The molecule has 9 heteroatoms. The van der Waals surface area contributed by atoms with E-state index in [1.807, 2.05) is 36.4 Å². The number of benzene rings is 2. The third kappa shape index (κ3) is 4.62. The van der Waals surface area contributed by atoms with E-state index in [-0.39, 0.29) is 6.54 Å². The molecule has 0 radical (unpaired) electrons. The van der Waals surface area contributed by atoms with Crippen molar-refractivity contribution in [2.75, 3.05) is 5.32 Å². The predicted molar refractivity (Wildman–Crippen MR) is 105 cm³/mol. The number of nitrogens with zero attached hydrogens (tertiary/aromatic N) is 3. The number of amides is 1. The van der Waals surface area contributed by atoms with E-state index in [2.05, 4.69) is 15.4 Å². The zero-order valence-corrected chi connectivity index (χ0v) is 15.8. The van der Waals surface area contributed by atoms with Crippen LogP contribution in [0.1, 0.15) is 16.3 Å². The molecule has 0 unspecified atom stereocenters. The van der Waals surface area contributed by atoms with Gasteiger partial charge in [-0.25, -0.2) is 4.98 Å². The van der Waals surface area contributed by atoms with Crippen LogP contribution in [-0.4, -0.2) is 20.7 Å². The monoisotopic (exact) mass is 416 g/mol. The highest BCUT2D eigenvalue weighted by Gasteiger charge is 2.33. The molecule has 4 rings (SSSR count). The third-order valence-corrected chi connectivity index (χ3v) is 5.20. The molecule has 0 fully saturated rings. The molecule has 29 heavy (non-hydrogen) atoms. The lowest BCUT2D eigenvalue weighted by Crippen LogP contribution is -2.19. The summed E-state index contributed by atoms with van der Waals surface area (Å²) >= 11 is 1.64. The molecule has 1 amide bonds. The lowest BCUT2D eigenvalue weighted by molar-refractivity contribution is -0.141. The average molecular weight is 416 g/mol. The van der Waals surface area contributed by atoms with Crippen molar-refractivity contribution >= 4 is 33.1 Å². The second-order valence-electron chi connectivity index (χ2n) is 6.39. The summed E-state index contributed by atoms with van der Waals surface area (Å²) in [4.78, 5) is 16.7. The largest absolute Gasteiger partial charge is 0.435 e. The van der Waals surface area contributed by atoms with Gasteiger partial charge in [-0.05, 0) is 35.9 Å². The summed E-state index contributed by atoms with van der Waals surface area (Å²) in [6, 6.07) is 16.1. The predicted octanol–water partition coefficient (Wildman–Crippen LogP) is 4.74. The molecule has 4 aromatic rings. The molecule has 0 saturated heterocycles. The fourth-order valence-electron chi connectivity index (χ4n) is 2.82. The molecule has 0 aliphatic rings. The third-order valence-electron chi connectivity index (χ3n) is 4.17. The lowest BCUT2D eigenvalue weighted by Gasteiger charge is -2.07. The van der Waals surface area contributed by atoms with Crippen LogP contribution in [0.3, 0.4) is 0 Å². The van der Waals surface area contributed by atoms with Gasteiger partial charge in [0.1, 0.15) is 6.54 Å². The van der Waals surface area contributed by atoms with Crippen LogP contribution in [-0.2, 0) is 23.9 Å². The molecule has 0 saturated carbocycles. The van der Waals surface area contributed by atoms with Crippen molar-refractivity contribution in [3.63, 3.8) is 0 Å². The Morgan fingerprint density at radius 1 is 1.07 bits per heavy atom. The van der Waals surface area contributed by atoms with Gasteiger partial charge in [-0.3, -0.25) is 9.48 Å². The van der Waals surface area contributed by atoms with Gasteiger partial charge < -0.3 is 5.32 Å². The Bertz CT molecular complexity index is 1120. The van der Waals surface area contributed by atoms with Gasteiger partial charge in [-0.1, -0.05) is 24.3 Å². The van der Waals surface area contributed by atoms with Gasteiger partial charge >= 0.3 is 6.18 Å². The van der Waals surface area contributed by atoms with Crippen LogP contribution in [0.5, 0.6) is 0 Å². The number of hydrogen-bond acceptors (Lipinski definition) is 4. The number of aromatic nitrogens is 3. The fraction of sp³-hybridized carbons (Fsp3) is 0.150. The molecule has 0 atom stereocenters. The molecule has 2 aromatic heterocycles. The Morgan fingerprint density at radius 3 is 2.52 bits per heavy atom. The van der Waals surface area contributed by atoms with Crippen LogP contribution in [0.25, 0.3) is 10.2 Å². The second-order valence-corrected chi connectivity index (χ2v) is 7.51. The van der Waals surface area contributed by atoms with Crippen molar-refractivity contribution in [3.8, 4) is 0 Å². The van der Waals surface area contributed by atoms with E-state index >= 15 is 0 Å². The van der Waals surface area contributed by atoms with E-state index in [0.717, 1.165) is 37.7 Å². The normalized spacial score (nSPS) is 11.7. The van der Waals surface area contributed by atoms with Gasteiger partial charge in [0.25, 0.3) is 0 Å². The Labute approximate surface area is 167 Å². The lowest BCUT2D eigenvalue weighted by atomic mass is 10.1. The van der Waals surface area contributed by atoms with E-state index in [1.165, 1.54) is 0 Å². The summed E-state index contributed by atoms with van der Waals surface area (Å²) in [5.74, 6) is -0.458. The summed E-state index contributed by atoms with van der Waals surface area (Å²) in [6.45, 7) is -0.302. The van der Waals surface area contributed by atoms with Crippen LogP contribution >= 0.6 is 11.3 Å². The Morgan fingerprint density at radius 2 is 1.83 bits per heavy atom. The maximum Gasteiger partial charge on any atom is 0.435 e. The van der Waals surface area contributed by atoms with E-state index in [9.17, 15) is 18.0 Å². The number of alkyl halides is 3. The summed E-state index contributed by atoms with van der Waals surface area (Å²) in [6.07, 6.45) is -2.72. The van der Waals surface area contributed by atoms with Gasteiger partial charge in [0.05, 0.1) is 15.2 Å². The zero-order chi connectivity index (χ0) is 20.4. The molecular formula is C20H15F3N4OS. The quantitative estimate of drug-likeness (QED) is 0.511. The van der Waals surface area contributed by atoms with Crippen LogP contribution in [0.2, 0.25) is 0 Å². The zero-order valence-electron chi connectivity index (χ0n) is 15.0. The number of halogens is 3. The van der Waals surface area contributed by atoms with Crippen LogP contribution in [0.15, 0.2) is 60.8 Å². The molecule has 5 nitrogen and oxygen atoms in total. The standard InChI is InChI=1S/C20H15F3N4OS/c21-20(22,23)17-9-10-27(26-17)12-18(28)24-14-7-5-13(6-8-14)11-19-25-15-3-1-2-4-16(15)29-19/h1-10H,11-12H2,(H,24,28). The molecule has 1 N–H and O–H groups in total. The van der Waals surface area contributed by atoms with Crippen LogP contribution < -0.4 is 5.32 Å². The van der Waals surface area contributed by atoms with Crippen molar-refractivity contribution in [3.05, 3.63) is 77.1 Å². The fourth-order valence-corrected chi connectivity index (χ4v) is 3.83. The molecule has 0 aliphatic heterocycles.